The molecule has 0 aromatic heterocycles. The summed E-state index contributed by atoms with van der Waals surface area (Å²) < 4.78 is 0. The van der Waals surface area contributed by atoms with Crippen LogP contribution in [0.3, 0.4) is 0 Å². The zero-order valence-corrected chi connectivity index (χ0v) is 20.7. The van der Waals surface area contributed by atoms with Crippen LogP contribution in [0.1, 0.15) is 57.0 Å². The number of amides is 1. The molecule has 0 saturated heterocycles. The van der Waals surface area contributed by atoms with Crippen molar-refractivity contribution in [1.82, 2.24) is 25.8 Å². The van der Waals surface area contributed by atoms with E-state index in [0.29, 0.717) is 30.7 Å². The number of nitrogens with zero attached hydrogens (tertiary/aromatic N) is 3. The molecule has 3 N–H and O–H groups in total. The predicted molar refractivity (Wildman–Crippen MR) is 132 cm³/mol. The summed E-state index contributed by atoms with van der Waals surface area (Å²) in [6.07, 6.45) is 1.06. The van der Waals surface area contributed by atoms with Gasteiger partial charge in [0.2, 0.25) is 0 Å². The van der Waals surface area contributed by atoms with Crippen LogP contribution in [0, 0.1) is 0 Å². The van der Waals surface area contributed by atoms with Crippen molar-refractivity contribution in [3.05, 3.63) is 35.4 Å². The number of nitrogens with one attached hydrogen (secondary N) is 3. The van der Waals surface area contributed by atoms with Gasteiger partial charge in [-0.1, -0.05) is 12.1 Å². The zero-order valence-electron chi connectivity index (χ0n) is 20.7. The Bertz CT molecular complexity index is 664. The molecule has 0 fully saturated rings. The minimum Gasteiger partial charge on any atom is -0.357 e. The van der Waals surface area contributed by atoms with Crippen LogP contribution in [0.5, 0.6) is 0 Å². The lowest BCUT2D eigenvalue weighted by Gasteiger charge is -2.30. The average molecular weight is 433 g/mol. The van der Waals surface area contributed by atoms with Gasteiger partial charge in [-0.15, -0.1) is 0 Å². The molecule has 0 radical (unpaired) electrons. The van der Waals surface area contributed by atoms with Gasteiger partial charge in [0.05, 0.1) is 6.54 Å². The summed E-state index contributed by atoms with van der Waals surface area (Å²) in [4.78, 5) is 21.6. The number of hydrogen-bond acceptors (Lipinski definition) is 4. The quantitative estimate of drug-likeness (QED) is 0.254. The highest BCUT2D eigenvalue weighted by molar-refractivity contribution is 5.94. The minimum atomic E-state index is -0.0439. The number of carbonyl (C=O) groups is 1. The van der Waals surface area contributed by atoms with E-state index in [0.717, 1.165) is 44.1 Å². The Balaban J connectivity index is 2.59. The Morgan fingerprint density at radius 3 is 2.32 bits per heavy atom. The lowest BCUT2D eigenvalue weighted by molar-refractivity contribution is 0.0951. The molecule has 0 unspecified atom stereocenters. The van der Waals surface area contributed by atoms with Gasteiger partial charge in [0.15, 0.2) is 5.96 Å². The van der Waals surface area contributed by atoms with Gasteiger partial charge in [-0.25, -0.2) is 4.99 Å². The van der Waals surface area contributed by atoms with Crippen LogP contribution in [0.25, 0.3) is 0 Å². The van der Waals surface area contributed by atoms with Crippen molar-refractivity contribution in [2.45, 2.75) is 59.7 Å². The largest absolute Gasteiger partial charge is 0.357 e. The van der Waals surface area contributed by atoms with Crippen molar-refractivity contribution < 1.29 is 4.79 Å². The van der Waals surface area contributed by atoms with Crippen LogP contribution < -0.4 is 16.0 Å². The normalized spacial score (nSPS) is 12.2. The van der Waals surface area contributed by atoms with E-state index in [-0.39, 0.29) is 5.91 Å². The third-order valence-electron chi connectivity index (χ3n) is 5.01. The van der Waals surface area contributed by atoms with Crippen LogP contribution in [-0.2, 0) is 6.54 Å². The van der Waals surface area contributed by atoms with Crippen LogP contribution in [0.2, 0.25) is 0 Å². The van der Waals surface area contributed by atoms with Crippen molar-refractivity contribution in [2.75, 3.05) is 46.8 Å². The molecular formula is C24H44N6O. The Labute approximate surface area is 189 Å². The summed E-state index contributed by atoms with van der Waals surface area (Å²) >= 11 is 0. The van der Waals surface area contributed by atoms with Crippen molar-refractivity contribution in [3.8, 4) is 0 Å². The third kappa shape index (κ3) is 11.2. The lowest BCUT2D eigenvalue weighted by atomic mass is 10.1. The fourth-order valence-corrected chi connectivity index (χ4v) is 3.40. The summed E-state index contributed by atoms with van der Waals surface area (Å²) in [7, 11) is 3.98. The maximum Gasteiger partial charge on any atom is 0.251 e. The Hall–Kier alpha value is -2.12. The molecule has 0 aliphatic carbocycles. The average Bonchev–Trinajstić information content (AvgIpc) is 2.71. The molecular weight excluding hydrogens is 388 g/mol. The molecule has 1 aromatic rings. The van der Waals surface area contributed by atoms with Crippen LogP contribution in [-0.4, -0.2) is 80.6 Å². The molecule has 7 heteroatoms. The summed E-state index contributed by atoms with van der Waals surface area (Å²) in [5.74, 6) is 0.765. The molecule has 0 saturated carbocycles. The highest BCUT2D eigenvalue weighted by atomic mass is 16.1. The number of likely N-dealkylation sites (N-methyl/N-ethyl adjacent to an activating group) is 1. The number of guanidine groups is 1. The van der Waals surface area contributed by atoms with Crippen molar-refractivity contribution in [2.24, 2.45) is 4.99 Å². The van der Waals surface area contributed by atoms with Crippen molar-refractivity contribution in [1.29, 1.82) is 0 Å². The Morgan fingerprint density at radius 2 is 1.71 bits per heavy atom. The molecule has 1 aromatic carbocycles. The van der Waals surface area contributed by atoms with E-state index in [1.165, 1.54) is 0 Å². The summed E-state index contributed by atoms with van der Waals surface area (Å²) in [6, 6.07) is 8.78. The standard InChI is InChI=1S/C24H44N6O/c1-8-25-24(27-13-10-15-30(19(2)3)20(4)5)28-18-21-11-9-12-22(17-21)23(31)26-14-16-29(6)7/h9,11-12,17,19-20H,8,10,13-16,18H2,1-7H3,(H,26,31)(H2,25,27,28). The Morgan fingerprint density at radius 1 is 1.00 bits per heavy atom. The summed E-state index contributed by atoms with van der Waals surface area (Å²) in [5.41, 5.74) is 1.69. The summed E-state index contributed by atoms with van der Waals surface area (Å²) in [6.45, 7) is 15.8. The molecule has 0 bridgehead atoms. The van der Waals surface area contributed by atoms with Gasteiger partial charge in [0, 0.05) is 50.4 Å². The first kappa shape index (κ1) is 26.9. The first-order chi connectivity index (χ1) is 14.7. The minimum absolute atomic E-state index is 0.0439. The van der Waals surface area contributed by atoms with Crippen molar-refractivity contribution in [3.63, 3.8) is 0 Å². The van der Waals surface area contributed by atoms with Gasteiger partial charge in [-0.2, -0.15) is 0 Å². The fourth-order valence-electron chi connectivity index (χ4n) is 3.40. The molecule has 0 heterocycles. The topological polar surface area (TPSA) is 72.0 Å². The number of hydrogen-bond donors (Lipinski definition) is 3. The SMILES string of the molecule is CCNC(=NCc1cccc(C(=O)NCCN(C)C)c1)NCCCN(C(C)C)C(C)C. The second-order valence-corrected chi connectivity index (χ2v) is 8.66. The van der Waals surface area contributed by atoms with E-state index >= 15 is 0 Å². The van der Waals surface area contributed by atoms with Gasteiger partial charge >= 0.3 is 0 Å². The van der Waals surface area contributed by atoms with Crippen LogP contribution in [0.15, 0.2) is 29.3 Å². The first-order valence-corrected chi connectivity index (χ1v) is 11.5. The van der Waals surface area contributed by atoms with Gasteiger partial charge in [0.1, 0.15) is 0 Å². The molecule has 7 nitrogen and oxygen atoms in total. The number of benzene rings is 1. The van der Waals surface area contributed by atoms with Gasteiger partial charge in [0.25, 0.3) is 5.91 Å². The highest BCUT2D eigenvalue weighted by Gasteiger charge is 2.12. The van der Waals surface area contributed by atoms with Crippen LogP contribution >= 0.6 is 0 Å². The molecule has 0 aliphatic heterocycles. The van der Waals surface area contributed by atoms with Gasteiger partial charge < -0.3 is 20.9 Å². The molecule has 31 heavy (non-hydrogen) atoms. The molecule has 0 aliphatic rings. The summed E-state index contributed by atoms with van der Waals surface area (Å²) in [5, 5.41) is 9.69. The zero-order chi connectivity index (χ0) is 23.2. The second kappa shape index (κ2) is 14.8. The highest BCUT2D eigenvalue weighted by Crippen LogP contribution is 2.07. The number of carbonyl (C=O) groups excluding carboxylic acids is 1. The first-order valence-electron chi connectivity index (χ1n) is 11.5. The monoisotopic (exact) mass is 432 g/mol. The number of aliphatic imine (C=N–C) groups is 1. The lowest BCUT2D eigenvalue weighted by Crippen LogP contribution is -2.41. The van der Waals surface area contributed by atoms with Gasteiger partial charge in [-0.3, -0.25) is 9.69 Å². The van der Waals surface area contributed by atoms with E-state index < -0.39 is 0 Å². The number of rotatable bonds is 13. The molecule has 0 atom stereocenters. The predicted octanol–water partition coefficient (Wildman–Crippen LogP) is 2.54. The van der Waals surface area contributed by atoms with E-state index in [9.17, 15) is 4.79 Å². The van der Waals surface area contributed by atoms with E-state index in [4.69, 9.17) is 4.99 Å². The van der Waals surface area contributed by atoms with E-state index in [1.54, 1.807) is 0 Å². The Kier molecular flexibility index (Phi) is 12.9. The molecule has 1 amide bonds. The smallest absolute Gasteiger partial charge is 0.251 e. The third-order valence-corrected chi connectivity index (χ3v) is 5.01. The molecule has 176 valence electrons. The molecule has 1 rings (SSSR count). The van der Waals surface area contributed by atoms with Gasteiger partial charge in [-0.05, 0) is 72.8 Å². The maximum atomic E-state index is 12.3. The maximum absolute atomic E-state index is 12.3. The van der Waals surface area contributed by atoms with Crippen LogP contribution in [0.4, 0.5) is 0 Å². The fraction of sp³-hybridized carbons (Fsp3) is 0.667. The van der Waals surface area contributed by atoms with E-state index in [1.807, 2.05) is 43.3 Å². The van der Waals surface area contributed by atoms with Crippen molar-refractivity contribution >= 4 is 11.9 Å². The second-order valence-electron chi connectivity index (χ2n) is 8.66. The van der Waals surface area contributed by atoms with E-state index in [2.05, 4.69) is 55.5 Å². The molecule has 0 spiro atoms.